The monoisotopic (exact) mass is 307 g/mol. The molecular weight excluding hydrogens is 286 g/mol. The van der Waals surface area contributed by atoms with Crippen molar-refractivity contribution in [3.63, 3.8) is 0 Å². The van der Waals surface area contributed by atoms with Crippen LogP contribution < -0.4 is 0 Å². The van der Waals surface area contributed by atoms with Gasteiger partial charge in [0.2, 0.25) is 0 Å². The molecule has 3 aromatic rings. The second-order valence-electron chi connectivity index (χ2n) is 5.80. The van der Waals surface area contributed by atoms with E-state index in [1.807, 2.05) is 18.2 Å². The molecule has 0 N–H and O–H groups in total. The van der Waals surface area contributed by atoms with Gasteiger partial charge >= 0.3 is 5.97 Å². The van der Waals surface area contributed by atoms with Crippen molar-refractivity contribution in [2.75, 3.05) is 7.11 Å². The number of aryl methyl sites for hydroxylation is 1. The number of unbranched alkanes of at least 4 members (excludes halogenated alkanes) is 2. The molecule has 2 aromatic carbocycles. The zero-order valence-corrected chi connectivity index (χ0v) is 13.6. The largest absolute Gasteiger partial charge is 0.464 e. The summed E-state index contributed by atoms with van der Waals surface area (Å²) in [4.78, 5) is 16.6. The first kappa shape index (κ1) is 15.5. The summed E-state index contributed by atoms with van der Waals surface area (Å²) >= 11 is 0. The van der Waals surface area contributed by atoms with Crippen molar-refractivity contribution < 1.29 is 9.53 Å². The maximum atomic E-state index is 12.0. The number of carbonyl (C=O) groups excluding carboxylic acids is 1. The third-order valence-electron chi connectivity index (χ3n) is 4.23. The molecule has 3 nitrogen and oxygen atoms in total. The quantitative estimate of drug-likeness (QED) is 0.382. The number of hydrogen-bond acceptors (Lipinski definition) is 3. The Hall–Kier alpha value is -2.42. The first-order valence-corrected chi connectivity index (χ1v) is 8.14. The van der Waals surface area contributed by atoms with Gasteiger partial charge in [-0.25, -0.2) is 9.78 Å². The molecule has 0 aliphatic heterocycles. The number of fused-ring (bicyclic) bond motifs is 3. The number of esters is 1. The number of ether oxygens (including phenoxy) is 1. The molecule has 0 atom stereocenters. The van der Waals surface area contributed by atoms with Crippen LogP contribution in [0.25, 0.3) is 21.7 Å². The second-order valence-corrected chi connectivity index (χ2v) is 5.80. The highest BCUT2D eigenvalue weighted by molar-refractivity contribution is 6.07. The zero-order chi connectivity index (χ0) is 16.2. The van der Waals surface area contributed by atoms with Gasteiger partial charge in [0, 0.05) is 10.8 Å². The molecule has 3 heteroatoms. The first-order chi connectivity index (χ1) is 11.2. The van der Waals surface area contributed by atoms with E-state index in [1.54, 1.807) is 0 Å². The van der Waals surface area contributed by atoms with Crippen LogP contribution in [0.5, 0.6) is 0 Å². The summed E-state index contributed by atoms with van der Waals surface area (Å²) in [5.41, 5.74) is 2.45. The van der Waals surface area contributed by atoms with E-state index in [-0.39, 0.29) is 5.97 Å². The minimum atomic E-state index is -0.378. The summed E-state index contributed by atoms with van der Waals surface area (Å²) in [7, 11) is 1.40. The highest BCUT2D eigenvalue weighted by Crippen LogP contribution is 2.28. The Morgan fingerprint density at radius 3 is 2.70 bits per heavy atom. The normalized spacial score (nSPS) is 11.0. The van der Waals surface area contributed by atoms with Gasteiger partial charge in [0.05, 0.1) is 12.6 Å². The van der Waals surface area contributed by atoms with Crippen LogP contribution in [0.15, 0.2) is 42.5 Å². The summed E-state index contributed by atoms with van der Waals surface area (Å²) in [5, 5.41) is 3.34. The lowest BCUT2D eigenvalue weighted by atomic mass is 9.98. The van der Waals surface area contributed by atoms with Crippen molar-refractivity contribution in [3.8, 4) is 0 Å². The van der Waals surface area contributed by atoms with Gasteiger partial charge in [-0.2, -0.15) is 0 Å². The van der Waals surface area contributed by atoms with Crippen molar-refractivity contribution in [2.45, 2.75) is 32.6 Å². The molecule has 118 valence electrons. The minimum Gasteiger partial charge on any atom is -0.464 e. The highest BCUT2D eigenvalue weighted by atomic mass is 16.5. The molecule has 0 aliphatic rings. The molecule has 0 amide bonds. The fourth-order valence-corrected chi connectivity index (χ4v) is 3.01. The Balaban J connectivity index is 2.22. The van der Waals surface area contributed by atoms with E-state index >= 15 is 0 Å². The van der Waals surface area contributed by atoms with E-state index in [9.17, 15) is 4.79 Å². The van der Waals surface area contributed by atoms with Crippen LogP contribution in [0.2, 0.25) is 0 Å². The SMILES string of the molecule is CCCCCc1cc(C(=O)OC)nc2c1ccc1ccccc12. The van der Waals surface area contributed by atoms with Gasteiger partial charge in [0.25, 0.3) is 0 Å². The van der Waals surface area contributed by atoms with Gasteiger partial charge < -0.3 is 4.74 Å². The maximum Gasteiger partial charge on any atom is 0.356 e. The van der Waals surface area contributed by atoms with Crippen LogP contribution in [0.4, 0.5) is 0 Å². The van der Waals surface area contributed by atoms with E-state index in [2.05, 4.69) is 36.2 Å². The van der Waals surface area contributed by atoms with Crippen LogP contribution in [-0.4, -0.2) is 18.1 Å². The van der Waals surface area contributed by atoms with Crippen molar-refractivity contribution in [1.29, 1.82) is 0 Å². The Kier molecular flexibility index (Phi) is 4.56. The Morgan fingerprint density at radius 1 is 1.09 bits per heavy atom. The number of methoxy groups -OCH3 is 1. The molecule has 0 aliphatic carbocycles. The summed E-state index contributed by atoms with van der Waals surface area (Å²) in [5.74, 6) is -0.378. The number of pyridine rings is 1. The molecule has 23 heavy (non-hydrogen) atoms. The van der Waals surface area contributed by atoms with Gasteiger partial charge in [-0.15, -0.1) is 0 Å². The van der Waals surface area contributed by atoms with Crippen molar-refractivity contribution in [3.05, 3.63) is 53.7 Å². The summed E-state index contributed by atoms with van der Waals surface area (Å²) < 4.78 is 4.88. The lowest BCUT2D eigenvalue weighted by Gasteiger charge is -2.11. The molecule has 0 saturated heterocycles. The second kappa shape index (κ2) is 6.78. The number of benzene rings is 2. The number of rotatable bonds is 5. The van der Waals surface area contributed by atoms with Crippen LogP contribution >= 0.6 is 0 Å². The van der Waals surface area contributed by atoms with Crippen LogP contribution in [0.3, 0.4) is 0 Å². The predicted octanol–water partition coefficient (Wildman–Crippen LogP) is 4.91. The lowest BCUT2D eigenvalue weighted by Crippen LogP contribution is -2.06. The maximum absolute atomic E-state index is 12.0. The van der Waals surface area contributed by atoms with Crippen LogP contribution in [0.1, 0.15) is 42.2 Å². The van der Waals surface area contributed by atoms with E-state index in [4.69, 9.17) is 4.74 Å². The number of carbonyl (C=O) groups is 1. The molecule has 0 fully saturated rings. The fraction of sp³-hybridized carbons (Fsp3) is 0.300. The molecule has 0 radical (unpaired) electrons. The van der Waals surface area contributed by atoms with Crippen molar-refractivity contribution >= 4 is 27.6 Å². The van der Waals surface area contributed by atoms with E-state index in [0.717, 1.165) is 34.5 Å². The Morgan fingerprint density at radius 2 is 1.91 bits per heavy atom. The number of nitrogens with zero attached hydrogens (tertiary/aromatic N) is 1. The average Bonchev–Trinajstić information content (AvgIpc) is 2.60. The first-order valence-electron chi connectivity index (χ1n) is 8.14. The van der Waals surface area contributed by atoms with Gasteiger partial charge in [-0.05, 0) is 29.9 Å². The lowest BCUT2D eigenvalue weighted by molar-refractivity contribution is 0.0594. The standard InChI is InChI=1S/C20H21NO2/c1-3-4-5-9-15-13-18(20(22)23-2)21-19-16-10-7-6-8-14(16)11-12-17(15)19/h6-8,10-13H,3-5,9H2,1-2H3. The van der Waals surface area contributed by atoms with Gasteiger partial charge in [0.15, 0.2) is 0 Å². The summed E-state index contributed by atoms with van der Waals surface area (Å²) in [6.07, 6.45) is 4.43. The zero-order valence-electron chi connectivity index (χ0n) is 13.6. The molecule has 1 heterocycles. The molecule has 0 saturated carbocycles. The van der Waals surface area contributed by atoms with Gasteiger partial charge in [-0.3, -0.25) is 0 Å². The molecule has 0 unspecified atom stereocenters. The van der Waals surface area contributed by atoms with Crippen molar-refractivity contribution in [2.24, 2.45) is 0 Å². The highest BCUT2D eigenvalue weighted by Gasteiger charge is 2.14. The third-order valence-corrected chi connectivity index (χ3v) is 4.23. The Bertz CT molecular complexity index is 855. The minimum absolute atomic E-state index is 0.378. The molecular formula is C20H21NO2. The number of hydrogen-bond donors (Lipinski definition) is 0. The average molecular weight is 307 g/mol. The van der Waals surface area contributed by atoms with Crippen LogP contribution in [0, 0.1) is 0 Å². The van der Waals surface area contributed by atoms with E-state index in [1.165, 1.54) is 25.5 Å². The van der Waals surface area contributed by atoms with E-state index in [0.29, 0.717) is 5.69 Å². The third kappa shape index (κ3) is 3.04. The summed E-state index contributed by atoms with van der Waals surface area (Å²) in [6, 6.07) is 14.3. The van der Waals surface area contributed by atoms with Crippen molar-refractivity contribution in [1.82, 2.24) is 4.98 Å². The van der Waals surface area contributed by atoms with E-state index < -0.39 is 0 Å². The molecule has 3 rings (SSSR count). The summed E-state index contributed by atoms with van der Waals surface area (Å²) in [6.45, 7) is 2.19. The number of aromatic nitrogens is 1. The van der Waals surface area contributed by atoms with Gasteiger partial charge in [-0.1, -0.05) is 56.2 Å². The molecule has 1 aromatic heterocycles. The van der Waals surface area contributed by atoms with Crippen LogP contribution in [-0.2, 0) is 11.2 Å². The van der Waals surface area contributed by atoms with Gasteiger partial charge in [0.1, 0.15) is 5.69 Å². The predicted molar refractivity (Wildman–Crippen MR) is 93.8 cm³/mol. The smallest absolute Gasteiger partial charge is 0.356 e. The molecule has 0 bridgehead atoms. The Labute approximate surface area is 136 Å². The topological polar surface area (TPSA) is 39.2 Å². The molecule has 0 spiro atoms. The fourth-order valence-electron chi connectivity index (χ4n) is 3.01.